The molecule has 1 saturated carbocycles. The molecule has 136 valence electrons. The van der Waals surface area contributed by atoms with Crippen molar-refractivity contribution in [1.29, 1.82) is 0 Å². The van der Waals surface area contributed by atoms with Crippen LogP contribution < -0.4 is 10.6 Å². The van der Waals surface area contributed by atoms with Crippen molar-refractivity contribution in [3.8, 4) is 0 Å². The normalized spacial score (nSPS) is 18.8. The van der Waals surface area contributed by atoms with Crippen LogP contribution in [0.2, 0.25) is 0 Å². The lowest BCUT2D eigenvalue weighted by Gasteiger charge is -2.30. The Morgan fingerprint density at radius 3 is 2.56 bits per heavy atom. The van der Waals surface area contributed by atoms with E-state index in [-0.39, 0.29) is 11.4 Å². The first-order valence-corrected chi connectivity index (χ1v) is 8.98. The summed E-state index contributed by atoms with van der Waals surface area (Å²) in [5, 5.41) is 6.82. The number of fused-ring (bicyclic) bond motifs is 1. The number of imidazole rings is 1. The lowest BCUT2D eigenvalue weighted by molar-refractivity contribution is -0.128. The lowest BCUT2D eigenvalue weighted by Crippen LogP contribution is -2.40. The van der Waals surface area contributed by atoms with Crippen LogP contribution in [-0.4, -0.2) is 39.5 Å². The molecule has 25 heavy (non-hydrogen) atoms. The molecule has 1 aliphatic heterocycles. The molecular weight excluding hydrogens is 314 g/mol. The third-order valence-corrected chi connectivity index (χ3v) is 5.17. The van der Waals surface area contributed by atoms with Gasteiger partial charge in [-0.3, -0.25) is 4.79 Å². The van der Waals surface area contributed by atoms with Crippen LogP contribution in [0.4, 0.5) is 0 Å². The number of allylic oxidation sites excluding steroid dienone is 1. The predicted molar refractivity (Wildman–Crippen MR) is 98.6 cm³/mol. The van der Waals surface area contributed by atoms with E-state index in [1.165, 1.54) is 12.8 Å². The van der Waals surface area contributed by atoms with E-state index in [0.717, 1.165) is 34.9 Å². The fraction of sp³-hybridized carbons (Fsp3) is 0.579. The summed E-state index contributed by atoms with van der Waals surface area (Å²) in [6.45, 7) is 10.3. The van der Waals surface area contributed by atoms with Crippen molar-refractivity contribution in [3.63, 3.8) is 0 Å². The Kier molecular flexibility index (Phi) is 4.62. The maximum Gasteiger partial charge on any atom is 0.254 e. The summed E-state index contributed by atoms with van der Waals surface area (Å²) in [4.78, 5) is 19.5. The minimum atomic E-state index is 0.0854. The van der Waals surface area contributed by atoms with E-state index in [1.807, 2.05) is 38.9 Å². The molecule has 0 aromatic carbocycles. The van der Waals surface area contributed by atoms with Crippen molar-refractivity contribution in [3.05, 3.63) is 40.8 Å². The maximum atomic E-state index is 13.3. The first kappa shape index (κ1) is 17.6. The van der Waals surface area contributed by atoms with E-state index >= 15 is 0 Å². The molecule has 1 aromatic rings. The van der Waals surface area contributed by atoms with Gasteiger partial charge in [-0.25, -0.2) is 4.98 Å². The number of aromatic nitrogens is 2. The molecule has 2 aliphatic rings. The number of rotatable bonds is 5. The molecule has 1 aliphatic carbocycles. The Morgan fingerprint density at radius 1 is 1.24 bits per heavy atom. The van der Waals surface area contributed by atoms with Crippen LogP contribution in [0.25, 0.3) is 0 Å². The Balaban J connectivity index is 1.86. The molecule has 0 saturated heterocycles. The first-order chi connectivity index (χ1) is 11.8. The average molecular weight is 343 g/mol. The van der Waals surface area contributed by atoms with E-state index in [9.17, 15) is 4.79 Å². The largest absolute Gasteiger partial charge is 0.375 e. The van der Waals surface area contributed by atoms with Crippen molar-refractivity contribution < 1.29 is 4.79 Å². The van der Waals surface area contributed by atoms with Crippen molar-refractivity contribution in [2.45, 2.75) is 59.2 Å². The molecule has 0 atom stereocenters. The van der Waals surface area contributed by atoms with Crippen molar-refractivity contribution in [2.24, 2.45) is 0 Å². The van der Waals surface area contributed by atoms with Crippen LogP contribution >= 0.6 is 0 Å². The third-order valence-electron chi connectivity index (χ3n) is 5.17. The van der Waals surface area contributed by atoms with Gasteiger partial charge in [0, 0.05) is 49.2 Å². The number of hydrogen-bond acceptors (Lipinski definition) is 4. The van der Waals surface area contributed by atoms with Gasteiger partial charge in [0.25, 0.3) is 5.91 Å². The van der Waals surface area contributed by atoms with E-state index in [0.29, 0.717) is 13.1 Å². The number of hydrogen-bond donors (Lipinski definition) is 2. The second-order valence-corrected chi connectivity index (χ2v) is 7.57. The van der Waals surface area contributed by atoms with Crippen LogP contribution in [-0.2, 0) is 17.9 Å². The molecule has 0 unspecified atom stereocenters. The second-order valence-electron chi connectivity index (χ2n) is 7.57. The van der Waals surface area contributed by atoms with E-state index in [4.69, 9.17) is 0 Å². The molecule has 3 rings (SSSR count). The van der Waals surface area contributed by atoms with Crippen LogP contribution in [0.1, 0.15) is 46.4 Å². The fourth-order valence-corrected chi connectivity index (χ4v) is 3.34. The molecule has 2 heterocycles. The number of amides is 1. The molecular formula is C19H29N5O. The lowest BCUT2D eigenvalue weighted by atomic mass is 10.00. The minimum Gasteiger partial charge on any atom is -0.375 e. The molecule has 0 radical (unpaired) electrons. The molecule has 1 aromatic heterocycles. The Bertz CT molecular complexity index is 735. The number of nitrogens with zero attached hydrogens (tertiary/aromatic N) is 3. The molecule has 0 spiro atoms. The molecule has 1 amide bonds. The van der Waals surface area contributed by atoms with Gasteiger partial charge in [-0.15, -0.1) is 0 Å². The van der Waals surface area contributed by atoms with Gasteiger partial charge in [0.05, 0.1) is 6.54 Å². The predicted octanol–water partition coefficient (Wildman–Crippen LogP) is 2.15. The Hall–Kier alpha value is -2.24. The SMILES string of the molecule is CN/C(NC1(C)CC1)=C(\C)C(C(=O)N1CCn2ccnc2C1)=C(C)C. The van der Waals surface area contributed by atoms with Gasteiger partial charge in [-0.2, -0.15) is 0 Å². The highest BCUT2D eigenvalue weighted by atomic mass is 16.2. The zero-order valence-electron chi connectivity index (χ0n) is 15.9. The maximum absolute atomic E-state index is 13.3. The van der Waals surface area contributed by atoms with Crippen LogP contribution in [0.15, 0.2) is 34.9 Å². The zero-order valence-corrected chi connectivity index (χ0v) is 15.9. The number of carbonyl (C=O) groups is 1. The average Bonchev–Trinajstić information content (AvgIpc) is 3.11. The van der Waals surface area contributed by atoms with Crippen molar-refractivity contribution in [1.82, 2.24) is 25.1 Å². The van der Waals surface area contributed by atoms with E-state index in [2.05, 4.69) is 27.1 Å². The molecule has 6 nitrogen and oxygen atoms in total. The van der Waals surface area contributed by atoms with E-state index < -0.39 is 0 Å². The highest BCUT2D eigenvalue weighted by Crippen LogP contribution is 2.35. The van der Waals surface area contributed by atoms with Gasteiger partial charge in [-0.05, 0) is 40.5 Å². The van der Waals surface area contributed by atoms with Crippen molar-refractivity contribution >= 4 is 5.91 Å². The smallest absolute Gasteiger partial charge is 0.254 e. The minimum absolute atomic E-state index is 0.0854. The van der Waals surface area contributed by atoms with Crippen LogP contribution in [0, 0.1) is 0 Å². The van der Waals surface area contributed by atoms with Gasteiger partial charge >= 0.3 is 0 Å². The zero-order chi connectivity index (χ0) is 18.2. The highest BCUT2D eigenvalue weighted by molar-refractivity contribution is 5.98. The van der Waals surface area contributed by atoms with Gasteiger partial charge in [0.1, 0.15) is 11.6 Å². The van der Waals surface area contributed by atoms with Gasteiger partial charge in [-0.1, -0.05) is 5.57 Å². The molecule has 1 fully saturated rings. The summed E-state index contributed by atoms with van der Waals surface area (Å²) in [6.07, 6.45) is 6.11. The Morgan fingerprint density at radius 2 is 1.96 bits per heavy atom. The standard InChI is InChI=1S/C19H29N5O/c1-13(2)16(14(3)17(20-5)22-19(4)6-7-19)18(25)24-11-10-23-9-8-21-15(23)12-24/h8-9,20,22H,6-7,10-12H2,1-5H3/b17-14-. The summed E-state index contributed by atoms with van der Waals surface area (Å²) in [6, 6.07) is 0. The monoisotopic (exact) mass is 343 g/mol. The summed E-state index contributed by atoms with van der Waals surface area (Å²) >= 11 is 0. The van der Waals surface area contributed by atoms with Crippen molar-refractivity contribution in [2.75, 3.05) is 13.6 Å². The van der Waals surface area contributed by atoms with Gasteiger partial charge < -0.3 is 20.1 Å². The Labute approximate surface area is 150 Å². The number of nitrogens with one attached hydrogen (secondary N) is 2. The molecule has 6 heteroatoms. The second kappa shape index (κ2) is 6.58. The summed E-state index contributed by atoms with van der Waals surface area (Å²) in [7, 11) is 1.91. The van der Waals surface area contributed by atoms with Crippen LogP contribution in [0.3, 0.4) is 0 Å². The van der Waals surface area contributed by atoms with Gasteiger partial charge in [0.2, 0.25) is 0 Å². The fourth-order valence-electron chi connectivity index (χ4n) is 3.34. The molecule has 0 bridgehead atoms. The van der Waals surface area contributed by atoms with Crippen LogP contribution in [0.5, 0.6) is 0 Å². The van der Waals surface area contributed by atoms with E-state index in [1.54, 1.807) is 6.20 Å². The topological polar surface area (TPSA) is 62.2 Å². The number of carbonyl (C=O) groups excluding carboxylic acids is 1. The first-order valence-electron chi connectivity index (χ1n) is 8.98. The van der Waals surface area contributed by atoms with Gasteiger partial charge in [0.15, 0.2) is 0 Å². The summed E-state index contributed by atoms with van der Waals surface area (Å²) in [5.74, 6) is 1.98. The molecule has 2 N–H and O–H groups in total. The third kappa shape index (κ3) is 3.57. The summed E-state index contributed by atoms with van der Waals surface area (Å²) in [5.41, 5.74) is 2.97. The highest BCUT2D eigenvalue weighted by Gasteiger charge is 2.38. The summed E-state index contributed by atoms with van der Waals surface area (Å²) < 4.78 is 2.11. The quantitative estimate of drug-likeness (QED) is 0.635.